The molecule has 0 radical (unpaired) electrons. The zero-order valence-electron chi connectivity index (χ0n) is 15.6. The van der Waals surface area contributed by atoms with Gasteiger partial charge in [0.2, 0.25) is 5.91 Å². The number of aromatic nitrogens is 1. The van der Waals surface area contributed by atoms with Crippen LogP contribution in [-0.2, 0) is 4.79 Å². The van der Waals surface area contributed by atoms with E-state index in [0.717, 1.165) is 46.9 Å². The van der Waals surface area contributed by atoms with Crippen molar-refractivity contribution in [2.45, 2.75) is 0 Å². The molecule has 1 aliphatic rings. The number of hydrogen-bond acceptors (Lipinski definition) is 5. The molecule has 29 heavy (non-hydrogen) atoms. The lowest BCUT2D eigenvalue weighted by Gasteiger charge is -2.35. The van der Waals surface area contributed by atoms with Gasteiger partial charge >= 0.3 is 0 Å². The maximum absolute atomic E-state index is 12.4. The van der Waals surface area contributed by atoms with Gasteiger partial charge in [0.15, 0.2) is 5.13 Å². The van der Waals surface area contributed by atoms with Gasteiger partial charge in [-0.15, -0.1) is 11.3 Å². The largest absolute Gasteiger partial charge is 0.369 e. The molecule has 0 bridgehead atoms. The highest BCUT2D eigenvalue weighted by Gasteiger charge is 2.19. The molecule has 0 unspecified atom stereocenters. The molecule has 2 aromatic carbocycles. The first-order chi connectivity index (χ1) is 14.1. The highest BCUT2D eigenvalue weighted by molar-refractivity contribution is 9.10. The van der Waals surface area contributed by atoms with E-state index in [4.69, 9.17) is 11.6 Å². The lowest BCUT2D eigenvalue weighted by molar-refractivity contribution is -0.117. The van der Waals surface area contributed by atoms with Crippen molar-refractivity contribution < 1.29 is 4.79 Å². The summed E-state index contributed by atoms with van der Waals surface area (Å²) in [5, 5.41) is 6.27. The van der Waals surface area contributed by atoms with Gasteiger partial charge in [0.1, 0.15) is 0 Å². The van der Waals surface area contributed by atoms with Crippen molar-refractivity contribution in [3.05, 3.63) is 63.4 Å². The number of rotatable bonds is 5. The quantitative estimate of drug-likeness (QED) is 0.546. The number of benzene rings is 2. The molecular weight excluding hydrogens is 472 g/mol. The molecule has 1 amide bonds. The number of carbonyl (C=O) groups is 1. The second-order valence-electron chi connectivity index (χ2n) is 6.83. The number of anilines is 2. The number of halogens is 2. The topological polar surface area (TPSA) is 48.5 Å². The Labute approximate surface area is 187 Å². The highest BCUT2D eigenvalue weighted by Crippen LogP contribution is 2.26. The van der Waals surface area contributed by atoms with E-state index in [1.54, 1.807) is 0 Å². The van der Waals surface area contributed by atoms with E-state index in [2.05, 4.69) is 36.0 Å². The van der Waals surface area contributed by atoms with Gasteiger partial charge in [-0.3, -0.25) is 9.69 Å². The third kappa shape index (κ3) is 5.36. The number of hydrogen-bond donors (Lipinski definition) is 1. The van der Waals surface area contributed by atoms with E-state index < -0.39 is 0 Å². The summed E-state index contributed by atoms with van der Waals surface area (Å²) in [5.41, 5.74) is 3.07. The number of nitrogens with zero attached hydrogens (tertiary/aromatic N) is 3. The third-order valence-electron chi connectivity index (χ3n) is 4.82. The van der Waals surface area contributed by atoms with Crippen molar-refractivity contribution in [2.24, 2.45) is 0 Å². The van der Waals surface area contributed by atoms with Gasteiger partial charge in [-0.1, -0.05) is 39.7 Å². The van der Waals surface area contributed by atoms with Crippen LogP contribution in [0.15, 0.2) is 58.4 Å². The summed E-state index contributed by atoms with van der Waals surface area (Å²) in [6.07, 6.45) is 0. The Morgan fingerprint density at radius 1 is 1.07 bits per heavy atom. The third-order valence-corrected chi connectivity index (χ3v) is 6.36. The second-order valence-corrected chi connectivity index (χ2v) is 9.04. The Morgan fingerprint density at radius 3 is 2.45 bits per heavy atom. The summed E-state index contributed by atoms with van der Waals surface area (Å²) < 4.78 is 1.03. The van der Waals surface area contributed by atoms with Crippen LogP contribution in [0.5, 0.6) is 0 Å². The average molecular weight is 492 g/mol. The van der Waals surface area contributed by atoms with Crippen molar-refractivity contribution >= 4 is 55.6 Å². The summed E-state index contributed by atoms with van der Waals surface area (Å²) in [6, 6.07) is 15.9. The van der Waals surface area contributed by atoms with Gasteiger partial charge in [0.25, 0.3) is 0 Å². The van der Waals surface area contributed by atoms with Crippen molar-refractivity contribution in [3.8, 4) is 11.3 Å². The maximum atomic E-state index is 12.4. The summed E-state index contributed by atoms with van der Waals surface area (Å²) in [5.74, 6) is -0.0263. The smallest absolute Gasteiger partial charge is 0.240 e. The van der Waals surface area contributed by atoms with Crippen molar-refractivity contribution in [3.63, 3.8) is 0 Å². The molecule has 1 aliphatic heterocycles. The molecule has 3 aromatic rings. The number of piperazine rings is 1. The first kappa shape index (κ1) is 20.3. The minimum atomic E-state index is -0.0263. The van der Waals surface area contributed by atoms with E-state index in [-0.39, 0.29) is 5.91 Å². The van der Waals surface area contributed by atoms with Gasteiger partial charge < -0.3 is 10.2 Å². The van der Waals surface area contributed by atoms with Crippen molar-refractivity contribution in [1.82, 2.24) is 9.88 Å². The molecule has 150 valence electrons. The first-order valence-electron chi connectivity index (χ1n) is 9.31. The molecule has 0 aliphatic carbocycles. The van der Waals surface area contributed by atoms with E-state index in [1.807, 2.05) is 53.9 Å². The average Bonchev–Trinajstić information content (AvgIpc) is 3.18. The molecule has 0 saturated carbocycles. The predicted octanol–water partition coefficient (Wildman–Crippen LogP) is 4.99. The number of nitrogens with one attached hydrogen (secondary N) is 1. The fourth-order valence-corrected chi connectivity index (χ4v) is 4.39. The maximum Gasteiger partial charge on any atom is 0.240 e. The van der Waals surface area contributed by atoms with Crippen LogP contribution in [0.2, 0.25) is 5.02 Å². The fourth-order valence-electron chi connectivity index (χ4n) is 3.26. The molecule has 2 heterocycles. The number of amides is 1. The van der Waals surface area contributed by atoms with E-state index in [9.17, 15) is 4.79 Å². The fraction of sp³-hybridized carbons (Fsp3) is 0.238. The monoisotopic (exact) mass is 490 g/mol. The van der Waals surface area contributed by atoms with Gasteiger partial charge in [-0.2, -0.15) is 0 Å². The van der Waals surface area contributed by atoms with Crippen LogP contribution >= 0.6 is 38.9 Å². The number of thiazole rings is 1. The standard InChI is InChI=1S/C21H20BrClN4OS/c22-16-3-1-15(2-4-16)19-14-29-21(24-19)25-20(28)13-26-9-11-27(12-10-26)18-7-5-17(23)6-8-18/h1-8,14H,9-13H2,(H,24,25,28). The molecule has 8 heteroatoms. The minimum Gasteiger partial charge on any atom is -0.369 e. The summed E-state index contributed by atoms with van der Waals surface area (Å²) in [7, 11) is 0. The zero-order chi connectivity index (χ0) is 20.2. The van der Waals surface area contributed by atoms with E-state index >= 15 is 0 Å². The summed E-state index contributed by atoms with van der Waals surface area (Å²) >= 11 is 10.8. The zero-order valence-corrected chi connectivity index (χ0v) is 18.8. The van der Waals surface area contributed by atoms with E-state index in [1.165, 1.54) is 17.0 Å². The van der Waals surface area contributed by atoms with E-state index in [0.29, 0.717) is 11.7 Å². The molecule has 1 N–H and O–H groups in total. The molecule has 0 atom stereocenters. The Morgan fingerprint density at radius 2 is 1.76 bits per heavy atom. The predicted molar refractivity (Wildman–Crippen MR) is 124 cm³/mol. The lowest BCUT2D eigenvalue weighted by Crippen LogP contribution is -2.48. The molecule has 5 nitrogen and oxygen atoms in total. The van der Waals surface area contributed by atoms with Crippen LogP contribution in [0.4, 0.5) is 10.8 Å². The van der Waals surface area contributed by atoms with Gasteiger partial charge in [-0.05, 0) is 36.4 Å². The highest BCUT2D eigenvalue weighted by atomic mass is 79.9. The van der Waals surface area contributed by atoms with Crippen LogP contribution in [-0.4, -0.2) is 48.5 Å². The van der Waals surface area contributed by atoms with Gasteiger partial charge in [-0.25, -0.2) is 4.98 Å². The first-order valence-corrected chi connectivity index (χ1v) is 11.4. The SMILES string of the molecule is O=C(CN1CCN(c2ccc(Cl)cc2)CC1)Nc1nc(-c2ccc(Br)cc2)cs1. The minimum absolute atomic E-state index is 0.0263. The summed E-state index contributed by atoms with van der Waals surface area (Å²) in [4.78, 5) is 21.5. The molecule has 1 aromatic heterocycles. The summed E-state index contributed by atoms with van der Waals surface area (Å²) in [6.45, 7) is 3.84. The normalized spacial score (nSPS) is 14.8. The van der Waals surface area contributed by atoms with Crippen LogP contribution in [0.25, 0.3) is 11.3 Å². The lowest BCUT2D eigenvalue weighted by atomic mass is 10.2. The van der Waals surface area contributed by atoms with Crippen LogP contribution in [0.1, 0.15) is 0 Å². The molecule has 4 rings (SSSR count). The van der Waals surface area contributed by atoms with Crippen LogP contribution in [0.3, 0.4) is 0 Å². The number of carbonyl (C=O) groups excluding carboxylic acids is 1. The molecular formula is C21H20BrClN4OS. The Bertz CT molecular complexity index is 969. The Balaban J connectivity index is 1.27. The Kier molecular flexibility index (Phi) is 6.50. The van der Waals surface area contributed by atoms with Gasteiger partial charge in [0.05, 0.1) is 12.2 Å². The van der Waals surface area contributed by atoms with Gasteiger partial charge in [0, 0.05) is 52.3 Å². The molecule has 1 saturated heterocycles. The molecule has 1 fully saturated rings. The Hall–Kier alpha value is -1.93. The van der Waals surface area contributed by atoms with Crippen LogP contribution in [0, 0.1) is 0 Å². The van der Waals surface area contributed by atoms with Crippen molar-refractivity contribution in [2.75, 3.05) is 42.9 Å². The second kappa shape index (κ2) is 9.26. The van der Waals surface area contributed by atoms with Crippen molar-refractivity contribution in [1.29, 1.82) is 0 Å². The molecule has 0 spiro atoms. The van der Waals surface area contributed by atoms with Crippen LogP contribution < -0.4 is 10.2 Å².